The molecule has 1 amide bonds. The van der Waals surface area contributed by atoms with Gasteiger partial charge in [-0.25, -0.2) is 0 Å². The molecule has 2 N–H and O–H groups in total. The summed E-state index contributed by atoms with van der Waals surface area (Å²) in [6.07, 6.45) is 1.66. The molecule has 1 aromatic rings. The molecule has 0 bridgehead atoms. The van der Waals surface area contributed by atoms with Crippen molar-refractivity contribution in [2.45, 2.75) is 18.9 Å². The van der Waals surface area contributed by atoms with E-state index in [1.165, 1.54) is 0 Å². The van der Waals surface area contributed by atoms with Crippen molar-refractivity contribution < 1.29 is 4.79 Å². The van der Waals surface area contributed by atoms with Crippen molar-refractivity contribution in [1.29, 1.82) is 0 Å². The van der Waals surface area contributed by atoms with Gasteiger partial charge in [-0.15, -0.1) is 0 Å². The third-order valence-corrected chi connectivity index (χ3v) is 3.69. The van der Waals surface area contributed by atoms with Gasteiger partial charge in [0.15, 0.2) is 0 Å². The first kappa shape index (κ1) is 14.3. The van der Waals surface area contributed by atoms with Crippen LogP contribution in [-0.2, 0) is 4.79 Å². The van der Waals surface area contributed by atoms with Gasteiger partial charge >= 0.3 is 0 Å². The molecule has 0 radical (unpaired) electrons. The fourth-order valence-electron chi connectivity index (χ4n) is 2.27. The van der Waals surface area contributed by atoms with Crippen LogP contribution in [0, 0.1) is 0 Å². The normalized spacial score (nSPS) is 18.8. The van der Waals surface area contributed by atoms with E-state index in [-0.39, 0.29) is 5.91 Å². The zero-order valence-electron chi connectivity index (χ0n) is 11.2. The molecule has 1 heterocycles. The van der Waals surface area contributed by atoms with E-state index in [4.69, 9.17) is 11.6 Å². The highest BCUT2D eigenvalue weighted by molar-refractivity contribution is 6.30. The number of benzene rings is 1. The number of nitrogens with one attached hydrogen (secondary N) is 2. The van der Waals surface area contributed by atoms with Gasteiger partial charge in [-0.2, -0.15) is 0 Å². The number of hydrogen-bond donors (Lipinski definition) is 2. The molecule has 1 fully saturated rings. The smallest absolute Gasteiger partial charge is 0.225 e. The van der Waals surface area contributed by atoms with Gasteiger partial charge in [-0.05, 0) is 38.2 Å². The van der Waals surface area contributed by atoms with Crippen LogP contribution >= 0.6 is 11.6 Å². The number of rotatable bonds is 5. The SMILES string of the molecule is CN(CCC(=O)Nc1cccc(Cl)c1)C1CCNC1. The van der Waals surface area contributed by atoms with E-state index in [9.17, 15) is 4.79 Å². The summed E-state index contributed by atoms with van der Waals surface area (Å²) >= 11 is 5.88. The maximum Gasteiger partial charge on any atom is 0.225 e. The minimum absolute atomic E-state index is 0.0278. The lowest BCUT2D eigenvalue weighted by Gasteiger charge is -2.22. The lowest BCUT2D eigenvalue weighted by atomic mass is 10.2. The number of likely N-dealkylation sites (N-methyl/N-ethyl adjacent to an activating group) is 1. The van der Waals surface area contributed by atoms with Crippen LogP contribution in [0.5, 0.6) is 0 Å². The molecule has 1 aliphatic heterocycles. The van der Waals surface area contributed by atoms with Crippen molar-refractivity contribution in [1.82, 2.24) is 10.2 Å². The number of amides is 1. The molecule has 19 heavy (non-hydrogen) atoms. The van der Waals surface area contributed by atoms with Gasteiger partial charge in [0.1, 0.15) is 0 Å². The Kier molecular flexibility index (Phi) is 5.19. The number of carbonyl (C=O) groups excluding carboxylic acids is 1. The van der Waals surface area contributed by atoms with Crippen molar-refractivity contribution in [2.75, 3.05) is 32.0 Å². The molecule has 0 aliphatic carbocycles. The summed E-state index contributed by atoms with van der Waals surface area (Å²) in [5, 5.41) is 6.82. The average Bonchev–Trinajstić information content (AvgIpc) is 2.90. The second-order valence-electron chi connectivity index (χ2n) is 4.94. The Hall–Kier alpha value is -1.10. The van der Waals surface area contributed by atoms with E-state index in [0.717, 1.165) is 31.7 Å². The van der Waals surface area contributed by atoms with E-state index in [2.05, 4.69) is 22.6 Å². The second-order valence-corrected chi connectivity index (χ2v) is 5.37. The van der Waals surface area contributed by atoms with Crippen LogP contribution in [-0.4, -0.2) is 43.5 Å². The van der Waals surface area contributed by atoms with E-state index in [1.54, 1.807) is 12.1 Å². The van der Waals surface area contributed by atoms with Crippen molar-refractivity contribution in [2.24, 2.45) is 0 Å². The molecular formula is C14H20ClN3O. The molecule has 0 spiro atoms. The van der Waals surface area contributed by atoms with E-state index < -0.39 is 0 Å². The third kappa shape index (κ3) is 4.49. The van der Waals surface area contributed by atoms with Gasteiger partial charge in [0.2, 0.25) is 5.91 Å². The first-order valence-electron chi connectivity index (χ1n) is 6.61. The first-order valence-corrected chi connectivity index (χ1v) is 6.99. The average molecular weight is 282 g/mol. The summed E-state index contributed by atoms with van der Waals surface area (Å²) in [6, 6.07) is 7.77. The van der Waals surface area contributed by atoms with Crippen molar-refractivity contribution >= 4 is 23.2 Å². The quantitative estimate of drug-likeness (QED) is 0.867. The second kappa shape index (κ2) is 6.89. The third-order valence-electron chi connectivity index (χ3n) is 3.46. The predicted octanol–water partition coefficient (Wildman–Crippen LogP) is 1.96. The van der Waals surface area contributed by atoms with Crippen LogP contribution in [0.1, 0.15) is 12.8 Å². The topological polar surface area (TPSA) is 44.4 Å². The summed E-state index contributed by atoms with van der Waals surface area (Å²) in [5.41, 5.74) is 0.752. The van der Waals surface area contributed by atoms with E-state index in [0.29, 0.717) is 17.5 Å². The number of anilines is 1. The van der Waals surface area contributed by atoms with Crippen LogP contribution in [0.4, 0.5) is 5.69 Å². The van der Waals surface area contributed by atoms with Crippen LogP contribution in [0.2, 0.25) is 5.02 Å². The van der Waals surface area contributed by atoms with E-state index >= 15 is 0 Å². The fourth-order valence-corrected chi connectivity index (χ4v) is 2.46. The summed E-state index contributed by atoms with van der Waals surface area (Å²) in [5.74, 6) is 0.0278. The van der Waals surface area contributed by atoms with E-state index in [1.807, 2.05) is 12.1 Å². The Morgan fingerprint density at radius 1 is 1.58 bits per heavy atom. The maximum absolute atomic E-state index is 11.8. The van der Waals surface area contributed by atoms with Gasteiger partial charge in [0.25, 0.3) is 0 Å². The molecular weight excluding hydrogens is 262 g/mol. The Labute approximate surface area is 119 Å². The highest BCUT2D eigenvalue weighted by Gasteiger charge is 2.19. The van der Waals surface area contributed by atoms with Crippen LogP contribution in [0.15, 0.2) is 24.3 Å². The van der Waals surface area contributed by atoms with Gasteiger partial charge in [0, 0.05) is 36.3 Å². The van der Waals surface area contributed by atoms with Crippen LogP contribution < -0.4 is 10.6 Å². The molecule has 104 valence electrons. The summed E-state index contributed by atoms with van der Waals surface area (Å²) < 4.78 is 0. The van der Waals surface area contributed by atoms with Crippen LogP contribution in [0.25, 0.3) is 0 Å². The molecule has 1 saturated heterocycles. The highest BCUT2D eigenvalue weighted by Crippen LogP contribution is 2.15. The number of nitrogens with zero attached hydrogens (tertiary/aromatic N) is 1. The number of halogens is 1. The maximum atomic E-state index is 11.8. The van der Waals surface area contributed by atoms with Crippen molar-refractivity contribution in [3.8, 4) is 0 Å². The predicted molar refractivity (Wildman–Crippen MR) is 78.6 cm³/mol. The van der Waals surface area contributed by atoms with Crippen molar-refractivity contribution in [3.05, 3.63) is 29.3 Å². The molecule has 1 unspecified atom stereocenters. The summed E-state index contributed by atoms with van der Waals surface area (Å²) in [4.78, 5) is 14.1. The molecule has 0 aromatic heterocycles. The lowest BCUT2D eigenvalue weighted by molar-refractivity contribution is -0.116. The Morgan fingerprint density at radius 3 is 3.11 bits per heavy atom. The zero-order valence-corrected chi connectivity index (χ0v) is 11.9. The Morgan fingerprint density at radius 2 is 2.42 bits per heavy atom. The Bertz CT molecular complexity index is 432. The summed E-state index contributed by atoms with van der Waals surface area (Å²) in [7, 11) is 2.07. The summed E-state index contributed by atoms with van der Waals surface area (Å²) in [6.45, 7) is 2.87. The first-order chi connectivity index (χ1) is 9.15. The molecule has 2 rings (SSSR count). The van der Waals surface area contributed by atoms with Crippen molar-refractivity contribution in [3.63, 3.8) is 0 Å². The molecule has 1 atom stereocenters. The molecule has 5 heteroatoms. The zero-order chi connectivity index (χ0) is 13.7. The molecule has 1 aliphatic rings. The molecule has 4 nitrogen and oxygen atoms in total. The molecule has 0 saturated carbocycles. The van der Waals surface area contributed by atoms with Gasteiger partial charge in [-0.3, -0.25) is 4.79 Å². The van der Waals surface area contributed by atoms with Crippen LogP contribution in [0.3, 0.4) is 0 Å². The van der Waals surface area contributed by atoms with Gasteiger partial charge < -0.3 is 15.5 Å². The minimum atomic E-state index is 0.0278. The van der Waals surface area contributed by atoms with Gasteiger partial charge in [-0.1, -0.05) is 17.7 Å². The fraction of sp³-hybridized carbons (Fsp3) is 0.500. The number of carbonyl (C=O) groups is 1. The Balaban J connectivity index is 1.75. The largest absolute Gasteiger partial charge is 0.326 e. The monoisotopic (exact) mass is 281 g/mol. The minimum Gasteiger partial charge on any atom is -0.326 e. The standard InChI is InChI=1S/C14H20ClN3O/c1-18(13-5-7-16-10-13)8-6-14(19)17-12-4-2-3-11(15)9-12/h2-4,9,13,16H,5-8,10H2,1H3,(H,17,19). The van der Waals surface area contributed by atoms with Gasteiger partial charge in [0.05, 0.1) is 0 Å². The number of hydrogen-bond acceptors (Lipinski definition) is 3. The molecule has 1 aromatic carbocycles. The highest BCUT2D eigenvalue weighted by atomic mass is 35.5. The lowest BCUT2D eigenvalue weighted by Crippen LogP contribution is -2.35.